The summed E-state index contributed by atoms with van der Waals surface area (Å²) in [5.41, 5.74) is 2.70. The van der Waals surface area contributed by atoms with Gasteiger partial charge in [0.2, 0.25) is 0 Å². The van der Waals surface area contributed by atoms with Crippen LogP contribution < -0.4 is 20.1 Å². The first kappa shape index (κ1) is 26.0. The van der Waals surface area contributed by atoms with E-state index in [1.165, 1.54) is 6.26 Å². The molecule has 0 aliphatic heterocycles. The van der Waals surface area contributed by atoms with Crippen molar-refractivity contribution in [3.05, 3.63) is 53.1 Å². The van der Waals surface area contributed by atoms with Crippen LogP contribution in [0.25, 0.3) is 0 Å². The lowest BCUT2D eigenvalue weighted by molar-refractivity contribution is 0.354. The van der Waals surface area contributed by atoms with Crippen LogP contribution >= 0.6 is 24.0 Å². The highest BCUT2D eigenvalue weighted by molar-refractivity contribution is 14.0. The number of sulfone groups is 1. The molecule has 0 bridgehead atoms. The minimum Gasteiger partial charge on any atom is -0.493 e. The van der Waals surface area contributed by atoms with Crippen molar-refractivity contribution in [3.63, 3.8) is 0 Å². The lowest BCUT2D eigenvalue weighted by atomic mass is 10.1. The second kappa shape index (κ2) is 12.0. The number of nitrogens with zero attached hydrogens (tertiary/aromatic N) is 1. The molecular weight excluding hydrogens is 517 g/mol. The van der Waals surface area contributed by atoms with Gasteiger partial charge in [0.25, 0.3) is 0 Å². The molecule has 2 N–H and O–H groups in total. The largest absolute Gasteiger partial charge is 0.493 e. The molecule has 0 spiro atoms. The summed E-state index contributed by atoms with van der Waals surface area (Å²) in [5, 5.41) is 6.50. The number of benzene rings is 2. The Labute approximate surface area is 196 Å². The third-order valence-corrected chi connectivity index (χ3v) is 5.57. The molecule has 2 aromatic carbocycles. The summed E-state index contributed by atoms with van der Waals surface area (Å²) < 4.78 is 34.1. The van der Waals surface area contributed by atoms with E-state index in [4.69, 9.17) is 9.47 Å². The number of hydrogen-bond acceptors (Lipinski definition) is 5. The Morgan fingerprint density at radius 2 is 1.67 bits per heavy atom. The van der Waals surface area contributed by atoms with Gasteiger partial charge in [-0.15, -0.1) is 24.0 Å². The molecule has 2 aromatic rings. The minimum atomic E-state index is -3.22. The molecule has 166 valence electrons. The second-order valence-corrected chi connectivity index (χ2v) is 8.59. The number of halogens is 1. The number of nitrogens with one attached hydrogen (secondary N) is 2. The molecule has 0 aliphatic carbocycles. The van der Waals surface area contributed by atoms with Crippen LogP contribution in [0.15, 0.2) is 46.3 Å². The highest BCUT2D eigenvalue weighted by Crippen LogP contribution is 2.27. The highest BCUT2D eigenvalue weighted by Gasteiger charge is 2.11. The van der Waals surface area contributed by atoms with Crippen LogP contribution in [-0.2, 0) is 22.9 Å². The number of aryl methyl sites for hydroxylation is 1. The Balaban J connectivity index is 0.00000450. The van der Waals surface area contributed by atoms with E-state index >= 15 is 0 Å². The molecule has 0 aromatic heterocycles. The summed E-state index contributed by atoms with van der Waals surface area (Å²) in [5.74, 6) is 2.03. The van der Waals surface area contributed by atoms with Gasteiger partial charge in [-0.25, -0.2) is 13.4 Å². The monoisotopic (exact) mass is 547 g/mol. The number of aliphatic imine (C=N–C) groups is 1. The average Bonchev–Trinajstić information content (AvgIpc) is 2.68. The van der Waals surface area contributed by atoms with Crippen LogP contribution in [0.4, 0.5) is 0 Å². The fourth-order valence-corrected chi connectivity index (χ4v) is 3.87. The summed E-state index contributed by atoms with van der Waals surface area (Å²) in [7, 11) is -0.00416. The summed E-state index contributed by atoms with van der Waals surface area (Å²) in [6, 6.07) is 11.0. The molecule has 0 radical (unpaired) electrons. The van der Waals surface area contributed by atoms with Crippen molar-refractivity contribution >= 4 is 39.8 Å². The molecule has 9 heteroatoms. The fraction of sp³-hybridized carbons (Fsp3) is 0.381. The third-order valence-electron chi connectivity index (χ3n) is 4.31. The summed E-state index contributed by atoms with van der Waals surface area (Å²) in [4.78, 5) is 4.95. The summed E-state index contributed by atoms with van der Waals surface area (Å²) in [6.07, 6.45) is 1.22. The van der Waals surface area contributed by atoms with E-state index in [1.807, 2.05) is 31.2 Å². The first-order chi connectivity index (χ1) is 13.8. The van der Waals surface area contributed by atoms with E-state index in [2.05, 4.69) is 15.6 Å². The third kappa shape index (κ3) is 7.35. The average molecular weight is 547 g/mol. The molecule has 0 unspecified atom stereocenters. The van der Waals surface area contributed by atoms with Crippen molar-refractivity contribution in [3.8, 4) is 11.5 Å². The number of rotatable bonds is 8. The predicted octanol–water partition coefficient (Wildman–Crippen LogP) is 3.29. The Bertz CT molecular complexity index is 978. The number of methoxy groups -OCH3 is 2. The predicted molar refractivity (Wildman–Crippen MR) is 131 cm³/mol. The molecule has 0 heterocycles. The first-order valence-electron chi connectivity index (χ1n) is 9.31. The van der Waals surface area contributed by atoms with Crippen LogP contribution in [0.5, 0.6) is 11.5 Å². The number of ether oxygens (including phenoxy) is 2. The van der Waals surface area contributed by atoms with E-state index in [-0.39, 0.29) is 24.0 Å². The molecule has 0 fully saturated rings. The van der Waals surface area contributed by atoms with Gasteiger partial charge in [-0.3, -0.25) is 0 Å². The van der Waals surface area contributed by atoms with E-state index in [9.17, 15) is 8.42 Å². The van der Waals surface area contributed by atoms with Crippen LogP contribution in [0.2, 0.25) is 0 Å². The van der Waals surface area contributed by atoms with Crippen molar-refractivity contribution in [1.29, 1.82) is 0 Å². The van der Waals surface area contributed by atoms with E-state index in [1.54, 1.807) is 33.3 Å². The van der Waals surface area contributed by atoms with Gasteiger partial charge in [-0.05, 0) is 48.7 Å². The number of guanidine groups is 1. The van der Waals surface area contributed by atoms with E-state index < -0.39 is 9.84 Å². The van der Waals surface area contributed by atoms with Crippen molar-refractivity contribution in [2.24, 2.45) is 4.99 Å². The molecule has 2 rings (SSSR count). The molecule has 30 heavy (non-hydrogen) atoms. The quantitative estimate of drug-likeness (QED) is 0.300. The number of hydrogen-bond donors (Lipinski definition) is 2. The van der Waals surface area contributed by atoms with Crippen molar-refractivity contribution in [2.45, 2.75) is 31.8 Å². The fourth-order valence-electron chi connectivity index (χ4n) is 2.91. The molecule has 7 nitrogen and oxygen atoms in total. The maximum atomic E-state index is 11.8. The van der Waals surface area contributed by atoms with E-state index in [0.717, 1.165) is 23.2 Å². The van der Waals surface area contributed by atoms with Gasteiger partial charge in [-0.2, -0.15) is 0 Å². The SMILES string of the molecule is CCNC(=NCc1ccc(S(C)(=O)=O)c(C)c1)NCc1ccc(OC)c(OC)c1.I. The molecule has 0 saturated heterocycles. The van der Waals surface area contributed by atoms with Crippen LogP contribution in [0.3, 0.4) is 0 Å². The Morgan fingerprint density at radius 3 is 2.23 bits per heavy atom. The molecule has 0 atom stereocenters. The molecule has 0 aliphatic rings. The lowest BCUT2D eigenvalue weighted by Gasteiger charge is -2.13. The minimum absolute atomic E-state index is 0. The smallest absolute Gasteiger partial charge is 0.191 e. The van der Waals surface area contributed by atoms with Crippen molar-refractivity contribution < 1.29 is 17.9 Å². The topological polar surface area (TPSA) is 89.0 Å². The van der Waals surface area contributed by atoms with Gasteiger partial charge < -0.3 is 20.1 Å². The van der Waals surface area contributed by atoms with Gasteiger partial charge in [0, 0.05) is 19.3 Å². The van der Waals surface area contributed by atoms with Crippen molar-refractivity contribution in [1.82, 2.24) is 10.6 Å². The van der Waals surface area contributed by atoms with Crippen molar-refractivity contribution in [2.75, 3.05) is 27.0 Å². The normalized spacial score (nSPS) is 11.4. The Morgan fingerprint density at radius 1 is 1.00 bits per heavy atom. The summed E-state index contributed by atoms with van der Waals surface area (Å²) >= 11 is 0. The zero-order valence-corrected chi connectivity index (χ0v) is 21.1. The van der Waals surface area contributed by atoms with Crippen LogP contribution in [0.1, 0.15) is 23.6 Å². The van der Waals surface area contributed by atoms with Crippen LogP contribution in [-0.4, -0.2) is 41.4 Å². The van der Waals surface area contributed by atoms with Crippen LogP contribution in [0, 0.1) is 6.92 Å². The Hall–Kier alpha value is -2.01. The maximum absolute atomic E-state index is 11.8. The highest BCUT2D eigenvalue weighted by atomic mass is 127. The van der Waals surface area contributed by atoms with Gasteiger partial charge in [0.15, 0.2) is 27.3 Å². The van der Waals surface area contributed by atoms with Gasteiger partial charge >= 0.3 is 0 Å². The summed E-state index contributed by atoms with van der Waals surface area (Å²) in [6.45, 7) is 5.52. The molecule has 0 saturated carbocycles. The van der Waals surface area contributed by atoms with E-state index in [0.29, 0.717) is 35.4 Å². The molecular formula is C21H30IN3O4S. The standard InChI is InChI=1S/C21H29N3O4S.HI/c1-6-22-21(24-14-17-7-9-18(27-3)19(12-17)28-4)23-13-16-8-10-20(15(2)11-16)29(5,25)26;/h7-12H,6,13-14H2,1-5H3,(H2,22,23,24);1H. The second-order valence-electron chi connectivity index (χ2n) is 6.61. The first-order valence-corrected chi connectivity index (χ1v) is 11.2. The van der Waals surface area contributed by atoms with Gasteiger partial charge in [0.05, 0.1) is 25.7 Å². The maximum Gasteiger partial charge on any atom is 0.191 e. The zero-order valence-electron chi connectivity index (χ0n) is 18.0. The van der Waals surface area contributed by atoms with Gasteiger partial charge in [-0.1, -0.05) is 18.2 Å². The Kier molecular flexibility index (Phi) is 10.4. The zero-order chi connectivity index (χ0) is 21.4. The molecule has 0 amide bonds. The van der Waals surface area contributed by atoms with Gasteiger partial charge in [0.1, 0.15) is 0 Å². The lowest BCUT2D eigenvalue weighted by Crippen LogP contribution is -2.36.